The van der Waals surface area contributed by atoms with Gasteiger partial charge in [0.05, 0.1) is 10.5 Å². The molecule has 0 saturated carbocycles. The van der Waals surface area contributed by atoms with E-state index in [9.17, 15) is 18.9 Å². The predicted molar refractivity (Wildman–Crippen MR) is 49.1 cm³/mol. The fraction of sp³-hybridized carbons (Fsp3) is 0.250. The average Bonchev–Trinajstić information content (AvgIpc) is 2.16. The molecule has 1 atom stereocenters. The van der Waals surface area contributed by atoms with Crippen molar-refractivity contribution >= 4 is 17.3 Å². The van der Waals surface area contributed by atoms with E-state index in [-0.39, 0.29) is 5.02 Å². The lowest BCUT2D eigenvalue weighted by Crippen LogP contribution is -2.10. The molecule has 1 N–H and O–H groups in total. The van der Waals surface area contributed by atoms with Crippen LogP contribution < -0.4 is 0 Å². The molecule has 0 radical (unpaired) electrons. The molecule has 0 fully saturated rings. The van der Waals surface area contributed by atoms with E-state index in [0.29, 0.717) is 0 Å². The lowest BCUT2D eigenvalue weighted by molar-refractivity contribution is -0.386. The summed E-state index contributed by atoms with van der Waals surface area (Å²) in [6.07, 6.45) is -5.26. The van der Waals surface area contributed by atoms with Crippen molar-refractivity contribution in [3.8, 4) is 0 Å². The van der Waals surface area contributed by atoms with Gasteiger partial charge in [0.2, 0.25) is 0 Å². The van der Waals surface area contributed by atoms with Crippen molar-refractivity contribution in [1.82, 2.24) is 0 Å². The quantitative estimate of drug-likeness (QED) is 0.649. The zero-order chi connectivity index (χ0) is 11.6. The second kappa shape index (κ2) is 4.50. The number of halogens is 3. The van der Waals surface area contributed by atoms with Gasteiger partial charge in [-0.05, 0) is 12.1 Å². The highest BCUT2D eigenvalue weighted by molar-refractivity contribution is 6.30. The first-order chi connectivity index (χ1) is 6.93. The van der Waals surface area contributed by atoms with Gasteiger partial charge in [-0.25, -0.2) is 8.78 Å². The Morgan fingerprint density at radius 2 is 2.07 bits per heavy atom. The highest BCUT2D eigenvalue weighted by Crippen LogP contribution is 2.31. The van der Waals surface area contributed by atoms with Crippen LogP contribution in [0.15, 0.2) is 18.2 Å². The fourth-order valence-electron chi connectivity index (χ4n) is 1.06. The molecule has 0 bridgehead atoms. The van der Waals surface area contributed by atoms with E-state index in [1.54, 1.807) is 0 Å². The van der Waals surface area contributed by atoms with Crippen LogP contribution in [-0.4, -0.2) is 16.5 Å². The second-order valence-electron chi connectivity index (χ2n) is 2.74. The SMILES string of the molecule is O=[N+]([O-])c1cc(Cl)ccc1C(O)C(F)F. The molecule has 4 nitrogen and oxygen atoms in total. The normalized spacial score (nSPS) is 12.9. The molecule has 1 unspecified atom stereocenters. The van der Waals surface area contributed by atoms with E-state index in [0.717, 1.165) is 12.1 Å². The Kier molecular flexibility index (Phi) is 3.54. The predicted octanol–water partition coefficient (Wildman–Crippen LogP) is 2.55. The van der Waals surface area contributed by atoms with Crippen LogP contribution in [0.5, 0.6) is 0 Å². The van der Waals surface area contributed by atoms with E-state index >= 15 is 0 Å². The zero-order valence-corrected chi connectivity index (χ0v) is 7.99. The summed E-state index contributed by atoms with van der Waals surface area (Å²) in [5, 5.41) is 19.6. The third kappa shape index (κ3) is 2.60. The lowest BCUT2D eigenvalue weighted by atomic mass is 10.1. The van der Waals surface area contributed by atoms with Crippen molar-refractivity contribution in [2.75, 3.05) is 0 Å². The first-order valence-electron chi connectivity index (χ1n) is 3.83. The number of hydrogen-bond donors (Lipinski definition) is 1. The summed E-state index contributed by atoms with van der Waals surface area (Å²) in [7, 11) is 0. The lowest BCUT2D eigenvalue weighted by Gasteiger charge is -2.09. The van der Waals surface area contributed by atoms with Gasteiger partial charge in [0.25, 0.3) is 12.1 Å². The molecule has 1 aromatic carbocycles. The first kappa shape index (κ1) is 11.8. The summed E-state index contributed by atoms with van der Waals surface area (Å²) in [5.74, 6) is 0. The van der Waals surface area contributed by atoms with Gasteiger partial charge < -0.3 is 5.11 Å². The van der Waals surface area contributed by atoms with Gasteiger partial charge in [-0.15, -0.1) is 0 Å². The highest BCUT2D eigenvalue weighted by Gasteiger charge is 2.27. The Balaban J connectivity index is 3.22. The van der Waals surface area contributed by atoms with Gasteiger partial charge in [-0.3, -0.25) is 10.1 Å². The van der Waals surface area contributed by atoms with E-state index in [4.69, 9.17) is 16.7 Å². The van der Waals surface area contributed by atoms with Crippen LogP contribution in [-0.2, 0) is 0 Å². The monoisotopic (exact) mass is 237 g/mol. The largest absolute Gasteiger partial charge is 0.382 e. The molecule has 0 aliphatic heterocycles. The van der Waals surface area contributed by atoms with Crippen molar-refractivity contribution in [1.29, 1.82) is 0 Å². The molecule has 15 heavy (non-hydrogen) atoms. The molecule has 0 aliphatic rings. The number of nitro benzene ring substituents is 1. The first-order valence-corrected chi connectivity index (χ1v) is 4.21. The standard InChI is InChI=1S/C8H6ClF2NO3/c9-4-1-2-5(7(13)8(10)11)6(3-4)12(14)15/h1-3,7-8,13H. The number of alkyl halides is 2. The molecule has 0 spiro atoms. The summed E-state index contributed by atoms with van der Waals surface area (Å²) in [6, 6.07) is 3.13. The van der Waals surface area contributed by atoms with Crippen LogP contribution in [0.3, 0.4) is 0 Å². The van der Waals surface area contributed by atoms with E-state index in [1.165, 1.54) is 6.07 Å². The van der Waals surface area contributed by atoms with Crippen molar-refractivity contribution in [3.63, 3.8) is 0 Å². The van der Waals surface area contributed by atoms with E-state index < -0.39 is 28.7 Å². The molecule has 0 heterocycles. The fourth-order valence-corrected chi connectivity index (χ4v) is 1.23. The maximum Gasteiger partial charge on any atom is 0.276 e. The minimum atomic E-state index is -3.08. The van der Waals surface area contributed by atoms with Crippen LogP contribution in [0, 0.1) is 10.1 Å². The molecular weight excluding hydrogens is 232 g/mol. The van der Waals surface area contributed by atoms with Crippen LogP contribution >= 0.6 is 11.6 Å². The van der Waals surface area contributed by atoms with Crippen LogP contribution in [0.2, 0.25) is 5.02 Å². The van der Waals surface area contributed by atoms with Crippen LogP contribution in [0.1, 0.15) is 11.7 Å². The molecule has 0 aliphatic carbocycles. The van der Waals surface area contributed by atoms with Crippen LogP contribution in [0.25, 0.3) is 0 Å². The highest BCUT2D eigenvalue weighted by atomic mass is 35.5. The van der Waals surface area contributed by atoms with E-state index in [1.807, 2.05) is 0 Å². The number of hydrogen-bond acceptors (Lipinski definition) is 3. The summed E-state index contributed by atoms with van der Waals surface area (Å²) >= 11 is 5.47. The summed E-state index contributed by atoms with van der Waals surface area (Å²) < 4.78 is 24.3. The van der Waals surface area contributed by atoms with Gasteiger partial charge >= 0.3 is 0 Å². The third-order valence-electron chi connectivity index (χ3n) is 1.75. The van der Waals surface area contributed by atoms with Crippen molar-refractivity contribution in [3.05, 3.63) is 38.9 Å². The van der Waals surface area contributed by atoms with Crippen LogP contribution in [0.4, 0.5) is 14.5 Å². The van der Waals surface area contributed by atoms with Crippen molar-refractivity contribution in [2.45, 2.75) is 12.5 Å². The zero-order valence-electron chi connectivity index (χ0n) is 7.23. The number of aliphatic hydroxyl groups is 1. The van der Waals surface area contributed by atoms with Gasteiger partial charge in [-0.2, -0.15) is 0 Å². The van der Waals surface area contributed by atoms with Gasteiger partial charge in [0, 0.05) is 11.1 Å². The molecular formula is C8H6ClF2NO3. The number of benzene rings is 1. The van der Waals surface area contributed by atoms with Crippen molar-refractivity contribution < 1.29 is 18.8 Å². The topological polar surface area (TPSA) is 63.4 Å². The van der Waals surface area contributed by atoms with Crippen molar-refractivity contribution in [2.24, 2.45) is 0 Å². The smallest absolute Gasteiger partial charge is 0.276 e. The molecule has 1 aromatic rings. The number of nitro groups is 1. The number of rotatable bonds is 3. The molecule has 0 saturated heterocycles. The second-order valence-corrected chi connectivity index (χ2v) is 3.18. The minimum absolute atomic E-state index is 0.0481. The Bertz CT molecular complexity index is 386. The molecule has 0 amide bonds. The Morgan fingerprint density at radius 1 is 1.47 bits per heavy atom. The number of nitrogens with zero attached hydrogens (tertiary/aromatic N) is 1. The van der Waals surface area contributed by atoms with E-state index in [2.05, 4.69) is 0 Å². The summed E-state index contributed by atoms with van der Waals surface area (Å²) in [4.78, 5) is 9.62. The minimum Gasteiger partial charge on any atom is -0.382 e. The van der Waals surface area contributed by atoms with Gasteiger partial charge in [0.15, 0.2) is 0 Å². The molecule has 0 aromatic heterocycles. The third-order valence-corrected chi connectivity index (χ3v) is 1.98. The van der Waals surface area contributed by atoms with Gasteiger partial charge in [-0.1, -0.05) is 11.6 Å². The van der Waals surface area contributed by atoms with Gasteiger partial charge in [0.1, 0.15) is 6.10 Å². The Hall–Kier alpha value is -1.27. The summed E-state index contributed by atoms with van der Waals surface area (Å²) in [5.41, 5.74) is -1.06. The molecule has 7 heteroatoms. The molecule has 1 rings (SSSR count). The Labute approximate surface area is 88.2 Å². The number of aliphatic hydroxyl groups excluding tert-OH is 1. The average molecular weight is 238 g/mol. The Morgan fingerprint density at radius 3 is 2.53 bits per heavy atom. The molecule has 82 valence electrons. The maximum absolute atomic E-state index is 12.2. The maximum atomic E-state index is 12.2. The summed E-state index contributed by atoms with van der Waals surface area (Å²) in [6.45, 7) is 0.